The van der Waals surface area contributed by atoms with Crippen LogP contribution in [0.25, 0.3) is 0 Å². The fourth-order valence-corrected chi connectivity index (χ4v) is 2.38. The number of para-hydroxylation sites is 1. The van der Waals surface area contributed by atoms with Gasteiger partial charge in [0.25, 0.3) is 11.8 Å². The van der Waals surface area contributed by atoms with E-state index in [0.29, 0.717) is 22.7 Å². The second-order valence-corrected chi connectivity index (χ2v) is 5.19. The zero-order valence-corrected chi connectivity index (χ0v) is 12.5. The van der Waals surface area contributed by atoms with Gasteiger partial charge < -0.3 is 15.4 Å². The summed E-state index contributed by atoms with van der Waals surface area (Å²) in [5, 5.41) is 14.5. The number of nitrogens with one attached hydrogen (secondary N) is 2. The van der Waals surface area contributed by atoms with Crippen molar-refractivity contribution in [3.8, 4) is 11.8 Å². The average Bonchev–Trinajstić information content (AvgIpc) is 2.55. The molecule has 1 aliphatic rings. The molecule has 23 heavy (non-hydrogen) atoms. The van der Waals surface area contributed by atoms with Crippen molar-refractivity contribution in [1.29, 1.82) is 5.26 Å². The molecule has 0 aromatic heterocycles. The number of ether oxygens (including phenoxy) is 1. The van der Waals surface area contributed by atoms with E-state index in [-0.39, 0.29) is 23.1 Å². The van der Waals surface area contributed by atoms with Gasteiger partial charge in [-0.05, 0) is 30.3 Å². The molecule has 2 amide bonds. The number of benzene rings is 2. The van der Waals surface area contributed by atoms with Crippen LogP contribution in [0.3, 0.4) is 0 Å². The van der Waals surface area contributed by atoms with Gasteiger partial charge in [-0.3, -0.25) is 9.59 Å². The lowest BCUT2D eigenvalue weighted by atomic mass is 10.1. The van der Waals surface area contributed by atoms with Crippen molar-refractivity contribution in [2.24, 2.45) is 0 Å². The number of nitriles is 1. The van der Waals surface area contributed by atoms with E-state index in [0.717, 1.165) is 0 Å². The molecule has 0 atom stereocenters. The Kier molecular flexibility index (Phi) is 3.87. The quantitative estimate of drug-likeness (QED) is 0.887. The van der Waals surface area contributed by atoms with Crippen molar-refractivity contribution >= 4 is 34.8 Å². The topological polar surface area (TPSA) is 91.2 Å². The molecule has 2 N–H and O–H groups in total. The van der Waals surface area contributed by atoms with Gasteiger partial charge in [-0.25, -0.2) is 0 Å². The Balaban J connectivity index is 1.91. The molecular formula is C16H10ClN3O3. The third-order valence-electron chi connectivity index (χ3n) is 3.23. The van der Waals surface area contributed by atoms with Crippen LogP contribution in [0.1, 0.15) is 15.9 Å². The maximum Gasteiger partial charge on any atom is 0.262 e. The van der Waals surface area contributed by atoms with Gasteiger partial charge >= 0.3 is 0 Å². The van der Waals surface area contributed by atoms with E-state index in [1.807, 2.05) is 6.07 Å². The van der Waals surface area contributed by atoms with E-state index in [1.165, 1.54) is 18.2 Å². The molecule has 0 radical (unpaired) electrons. The third-order valence-corrected chi connectivity index (χ3v) is 3.55. The third kappa shape index (κ3) is 2.96. The molecule has 2 aromatic carbocycles. The molecule has 7 heteroatoms. The number of hydrogen-bond donors (Lipinski definition) is 2. The molecule has 0 saturated carbocycles. The van der Waals surface area contributed by atoms with Crippen molar-refractivity contribution in [3.63, 3.8) is 0 Å². The van der Waals surface area contributed by atoms with Crippen molar-refractivity contribution in [3.05, 3.63) is 52.5 Å². The lowest BCUT2D eigenvalue weighted by molar-refractivity contribution is -0.118. The largest absolute Gasteiger partial charge is 0.479 e. The summed E-state index contributed by atoms with van der Waals surface area (Å²) < 4.78 is 5.37. The van der Waals surface area contributed by atoms with Gasteiger partial charge in [0.05, 0.1) is 33.6 Å². The molecule has 114 valence electrons. The van der Waals surface area contributed by atoms with Crippen molar-refractivity contribution in [1.82, 2.24) is 0 Å². The molecule has 0 spiro atoms. The maximum atomic E-state index is 12.4. The van der Waals surface area contributed by atoms with E-state index in [2.05, 4.69) is 10.6 Å². The predicted molar refractivity (Wildman–Crippen MR) is 84.7 cm³/mol. The summed E-state index contributed by atoms with van der Waals surface area (Å²) in [5.41, 5.74) is 1.41. The van der Waals surface area contributed by atoms with Crippen LogP contribution in [0, 0.1) is 11.3 Å². The number of fused-ring (bicyclic) bond motifs is 1. The number of hydrogen-bond acceptors (Lipinski definition) is 4. The molecule has 3 rings (SSSR count). The number of halogens is 1. The molecule has 1 heterocycles. The molecule has 0 aliphatic carbocycles. The lowest BCUT2D eigenvalue weighted by Crippen LogP contribution is -2.26. The minimum absolute atomic E-state index is 0.120. The molecule has 0 bridgehead atoms. The summed E-state index contributed by atoms with van der Waals surface area (Å²) in [4.78, 5) is 23.7. The first-order valence-corrected chi connectivity index (χ1v) is 7.03. The van der Waals surface area contributed by atoms with Gasteiger partial charge in [0.15, 0.2) is 12.4 Å². The Morgan fingerprint density at radius 2 is 2.17 bits per heavy atom. The molecule has 6 nitrogen and oxygen atoms in total. The zero-order chi connectivity index (χ0) is 16.4. The Morgan fingerprint density at radius 3 is 2.96 bits per heavy atom. The van der Waals surface area contributed by atoms with Crippen LogP contribution in [0.15, 0.2) is 36.4 Å². The minimum Gasteiger partial charge on any atom is -0.479 e. The standard InChI is InChI=1S/C16H10ClN3O3/c17-11-5-4-9(7-18)6-10(11)16(22)20-13-3-1-2-12-15(13)23-8-14(21)19-12/h1-6H,8H2,(H,19,21)(H,20,22). The second-order valence-electron chi connectivity index (χ2n) is 4.78. The average molecular weight is 328 g/mol. The monoisotopic (exact) mass is 327 g/mol. The summed E-state index contributed by atoms with van der Waals surface area (Å²) in [7, 11) is 0. The molecule has 2 aromatic rings. The van der Waals surface area contributed by atoms with E-state index in [4.69, 9.17) is 21.6 Å². The first kappa shape index (κ1) is 14.9. The second kappa shape index (κ2) is 5.99. The fraction of sp³-hybridized carbons (Fsp3) is 0.0625. The summed E-state index contributed by atoms with van der Waals surface area (Å²) in [6, 6.07) is 11.4. The molecule has 1 aliphatic heterocycles. The van der Waals surface area contributed by atoms with Crippen LogP contribution in [0.5, 0.6) is 5.75 Å². The highest BCUT2D eigenvalue weighted by molar-refractivity contribution is 6.34. The Hall–Kier alpha value is -3.04. The number of carbonyl (C=O) groups is 2. The molecule has 0 unspecified atom stereocenters. The first-order chi connectivity index (χ1) is 11.1. The normalized spacial score (nSPS) is 12.4. The van der Waals surface area contributed by atoms with Crippen LogP contribution < -0.4 is 15.4 Å². The number of carbonyl (C=O) groups excluding carboxylic acids is 2. The summed E-state index contributed by atoms with van der Waals surface area (Å²) in [6.07, 6.45) is 0. The Bertz CT molecular complexity index is 858. The van der Waals surface area contributed by atoms with Gasteiger partial charge in [-0.2, -0.15) is 5.26 Å². The van der Waals surface area contributed by atoms with E-state index in [1.54, 1.807) is 18.2 Å². The number of rotatable bonds is 2. The Labute approximate surface area is 136 Å². The van der Waals surface area contributed by atoms with Gasteiger partial charge in [0.1, 0.15) is 0 Å². The molecular weight excluding hydrogens is 318 g/mol. The maximum absolute atomic E-state index is 12.4. The molecule has 0 saturated heterocycles. The van der Waals surface area contributed by atoms with Crippen LogP contribution in [0.4, 0.5) is 11.4 Å². The van der Waals surface area contributed by atoms with Crippen LogP contribution in [0.2, 0.25) is 5.02 Å². The van der Waals surface area contributed by atoms with Gasteiger partial charge in [-0.1, -0.05) is 17.7 Å². The van der Waals surface area contributed by atoms with Gasteiger partial charge in [0.2, 0.25) is 0 Å². The zero-order valence-electron chi connectivity index (χ0n) is 11.7. The minimum atomic E-state index is -0.471. The fourth-order valence-electron chi connectivity index (χ4n) is 2.17. The number of nitrogens with zero attached hydrogens (tertiary/aromatic N) is 1. The number of amides is 2. The van der Waals surface area contributed by atoms with Crippen LogP contribution in [-0.4, -0.2) is 18.4 Å². The smallest absolute Gasteiger partial charge is 0.262 e. The van der Waals surface area contributed by atoms with Gasteiger partial charge in [0, 0.05) is 0 Å². The summed E-state index contributed by atoms with van der Waals surface area (Å²) >= 11 is 6.02. The highest BCUT2D eigenvalue weighted by atomic mass is 35.5. The van der Waals surface area contributed by atoms with E-state index >= 15 is 0 Å². The lowest BCUT2D eigenvalue weighted by Gasteiger charge is -2.20. The Morgan fingerprint density at radius 1 is 1.35 bits per heavy atom. The highest BCUT2D eigenvalue weighted by Crippen LogP contribution is 2.35. The van der Waals surface area contributed by atoms with Crippen molar-refractivity contribution in [2.45, 2.75) is 0 Å². The van der Waals surface area contributed by atoms with E-state index < -0.39 is 5.91 Å². The highest BCUT2D eigenvalue weighted by Gasteiger charge is 2.21. The van der Waals surface area contributed by atoms with Gasteiger partial charge in [-0.15, -0.1) is 0 Å². The van der Waals surface area contributed by atoms with Crippen molar-refractivity contribution in [2.75, 3.05) is 17.2 Å². The predicted octanol–water partition coefficient (Wildman–Crippen LogP) is 2.79. The summed E-state index contributed by atoms with van der Waals surface area (Å²) in [5.74, 6) is -0.347. The van der Waals surface area contributed by atoms with Crippen LogP contribution >= 0.6 is 11.6 Å². The van der Waals surface area contributed by atoms with E-state index in [9.17, 15) is 9.59 Å². The number of anilines is 2. The van der Waals surface area contributed by atoms with Crippen molar-refractivity contribution < 1.29 is 14.3 Å². The summed E-state index contributed by atoms with van der Waals surface area (Å²) in [6.45, 7) is -0.120. The molecule has 0 fully saturated rings. The first-order valence-electron chi connectivity index (χ1n) is 6.65. The SMILES string of the molecule is N#Cc1ccc(Cl)c(C(=O)Nc2cccc3c2OCC(=O)N3)c1. The van der Waals surface area contributed by atoms with Crippen LogP contribution in [-0.2, 0) is 4.79 Å².